The average Bonchev–Trinajstić information content (AvgIpc) is 2.90. The van der Waals surface area contributed by atoms with Crippen molar-refractivity contribution in [2.75, 3.05) is 13.1 Å². The molecule has 2 saturated carbocycles. The van der Waals surface area contributed by atoms with Gasteiger partial charge in [0.1, 0.15) is 17.2 Å². The number of aromatic nitrogens is 3. The fraction of sp³-hybridized carbons (Fsp3) is 0.842. The molecule has 0 radical (unpaired) electrons. The minimum Gasteiger partial charge on any atom is -0.444 e. The third kappa shape index (κ3) is 3.15. The average molecular weight is 346 g/mol. The number of aryl methyl sites for hydroxylation is 1. The van der Waals surface area contributed by atoms with Crippen LogP contribution in [0.2, 0.25) is 0 Å². The SMILES string of the molecule is Cc1nnc(C2C3CN(C(=O)OC(C)(C)C)CC32)n1C1CCCCC1. The lowest BCUT2D eigenvalue weighted by Crippen LogP contribution is -2.37. The lowest BCUT2D eigenvalue weighted by molar-refractivity contribution is 0.0270. The van der Waals surface area contributed by atoms with Gasteiger partial charge in [0.15, 0.2) is 0 Å². The summed E-state index contributed by atoms with van der Waals surface area (Å²) in [5.74, 6) is 3.75. The van der Waals surface area contributed by atoms with Gasteiger partial charge in [-0.3, -0.25) is 0 Å². The smallest absolute Gasteiger partial charge is 0.410 e. The van der Waals surface area contributed by atoms with Crippen LogP contribution in [-0.2, 0) is 4.74 Å². The van der Waals surface area contributed by atoms with Gasteiger partial charge in [-0.05, 0) is 52.4 Å². The molecule has 1 saturated heterocycles. The van der Waals surface area contributed by atoms with Gasteiger partial charge in [-0.1, -0.05) is 19.3 Å². The second-order valence-corrected chi connectivity index (χ2v) is 9.01. The molecule has 1 aliphatic heterocycles. The van der Waals surface area contributed by atoms with Gasteiger partial charge in [-0.2, -0.15) is 0 Å². The van der Waals surface area contributed by atoms with Crippen molar-refractivity contribution in [3.8, 4) is 0 Å². The van der Waals surface area contributed by atoms with Crippen LogP contribution in [0.15, 0.2) is 0 Å². The van der Waals surface area contributed by atoms with Gasteiger partial charge in [0.25, 0.3) is 0 Å². The molecule has 0 spiro atoms. The summed E-state index contributed by atoms with van der Waals surface area (Å²) in [6.07, 6.45) is 6.29. The molecule has 3 aliphatic rings. The van der Waals surface area contributed by atoms with Crippen LogP contribution in [-0.4, -0.2) is 44.4 Å². The van der Waals surface area contributed by atoms with Gasteiger partial charge < -0.3 is 14.2 Å². The van der Waals surface area contributed by atoms with E-state index in [-0.39, 0.29) is 6.09 Å². The number of rotatable bonds is 2. The largest absolute Gasteiger partial charge is 0.444 e. The minimum atomic E-state index is -0.429. The number of carbonyl (C=O) groups is 1. The summed E-state index contributed by atoms with van der Waals surface area (Å²) in [6, 6.07) is 0.571. The summed E-state index contributed by atoms with van der Waals surface area (Å²) in [5.41, 5.74) is -0.429. The molecule has 1 amide bonds. The molecule has 0 aromatic carbocycles. The number of likely N-dealkylation sites (tertiary alicyclic amines) is 1. The molecule has 2 heterocycles. The van der Waals surface area contributed by atoms with Crippen molar-refractivity contribution in [1.29, 1.82) is 0 Å². The highest BCUT2D eigenvalue weighted by molar-refractivity contribution is 5.69. The maximum Gasteiger partial charge on any atom is 0.410 e. The van der Waals surface area contributed by atoms with Gasteiger partial charge in [-0.25, -0.2) is 4.79 Å². The van der Waals surface area contributed by atoms with E-state index in [4.69, 9.17) is 4.74 Å². The molecule has 0 N–H and O–H groups in total. The van der Waals surface area contributed by atoms with Crippen LogP contribution >= 0.6 is 0 Å². The number of carbonyl (C=O) groups excluding carboxylic acids is 1. The minimum absolute atomic E-state index is 0.177. The van der Waals surface area contributed by atoms with E-state index in [9.17, 15) is 4.79 Å². The standard InChI is InChI=1S/C19H30N4O2/c1-12-20-21-17(23(12)13-8-6-5-7-9-13)16-14-10-22(11-15(14)16)18(24)25-19(2,3)4/h13-16H,5-11H2,1-4H3. The summed E-state index contributed by atoms with van der Waals surface area (Å²) in [5, 5.41) is 8.93. The van der Waals surface area contributed by atoms with Crippen molar-refractivity contribution < 1.29 is 9.53 Å². The van der Waals surface area contributed by atoms with Gasteiger partial charge in [0.2, 0.25) is 0 Å². The Morgan fingerprint density at radius 2 is 1.72 bits per heavy atom. The van der Waals surface area contributed by atoms with E-state index in [1.54, 1.807) is 0 Å². The zero-order valence-corrected chi connectivity index (χ0v) is 15.9. The van der Waals surface area contributed by atoms with E-state index in [1.807, 2.05) is 25.7 Å². The highest BCUT2D eigenvalue weighted by atomic mass is 16.6. The van der Waals surface area contributed by atoms with Gasteiger partial charge in [-0.15, -0.1) is 10.2 Å². The zero-order valence-electron chi connectivity index (χ0n) is 15.9. The normalized spacial score (nSPS) is 29.6. The number of amides is 1. The molecule has 1 aromatic heterocycles. The molecule has 3 fully saturated rings. The Hall–Kier alpha value is -1.59. The van der Waals surface area contributed by atoms with Gasteiger partial charge >= 0.3 is 6.09 Å². The van der Waals surface area contributed by atoms with E-state index < -0.39 is 5.60 Å². The molecular formula is C19H30N4O2. The fourth-order valence-corrected chi connectivity index (χ4v) is 4.79. The molecule has 4 rings (SSSR count). The summed E-state index contributed by atoms with van der Waals surface area (Å²) >= 11 is 0. The molecule has 6 heteroatoms. The van der Waals surface area contributed by atoms with Crippen LogP contribution in [0, 0.1) is 18.8 Å². The summed E-state index contributed by atoms with van der Waals surface area (Å²) in [4.78, 5) is 14.1. The monoisotopic (exact) mass is 346 g/mol. The second-order valence-electron chi connectivity index (χ2n) is 9.01. The van der Waals surface area contributed by atoms with Crippen molar-refractivity contribution in [3.63, 3.8) is 0 Å². The molecule has 0 bridgehead atoms. The molecule has 138 valence electrons. The van der Waals surface area contributed by atoms with Crippen molar-refractivity contribution in [2.45, 2.75) is 77.4 Å². The van der Waals surface area contributed by atoms with Gasteiger partial charge in [0, 0.05) is 25.0 Å². The highest BCUT2D eigenvalue weighted by Crippen LogP contribution is 2.58. The Bertz CT molecular complexity index is 645. The summed E-state index contributed by atoms with van der Waals surface area (Å²) in [7, 11) is 0. The number of piperidine rings is 1. The first kappa shape index (κ1) is 16.9. The topological polar surface area (TPSA) is 60.3 Å². The van der Waals surface area contributed by atoms with Crippen LogP contribution in [0.5, 0.6) is 0 Å². The fourth-order valence-electron chi connectivity index (χ4n) is 4.79. The summed E-state index contributed by atoms with van der Waals surface area (Å²) in [6.45, 7) is 9.41. The molecule has 25 heavy (non-hydrogen) atoms. The van der Waals surface area contributed by atoms with Crippen LogP contribution in [0.25, 0.3) is 0 Å². The van der Waals surface area contributed by atoms with E-state index in [2.05, 4.69) is 21.7 Å². The third-order valence-corrected chi connectivity index (χ3v) is 5.98. The van der Waals surface area contributed by atoms with Crippen molar-refractivity contribution >= 4 is 6.09 Å². The molecule has 2 atom stereocenters. The second kappa shape index (κ2) is 5.99. The Kier molecular flexibility index (Phi) is 4.04. The molecular weight excluding hydrogens is 316 g/mol. The highest BCUT2D eigenvalue weighted by Gasteiger charge is 2.60. The number of hydrogen-bond donors (Lipinski definition) is 0. The van der Waals surface area contributed by atoms with Crippen LogP contribution in [0.3, 0.4) is 0 Å². The lowest BCUT2D eigenvalue weighted by Gasteiger charge is -2.27. The maximum absolute atomic E-state index is 12.3. The van der Waals surface area contributed by atoms with Crippen molar-refractivity contribution in [3.05, 3.63) is 11.6 Å². The molecule has 2 unspecified atom stereocenters. The first-order chi connectivity index (χ1) is 11.8. The van der Waals surface area contributed by atoms with E-state index in [0.29, 0.717) is 23.8 Å². The molecule has 1 aromatic rings. The molecule has 6 nitrogen and oxygen atoms in total. The van der Waals surface area contributed by atoms with Crippen molar-refractivity contribution in [1.82, 2.24) is 19.7 Å². The Labute approximate surface area is 149 Å². The zero-order chi connectivity index (χ0) is 17.8. The van der Waals surface area contributed by atoms with Crippen molar-refractivity contribution in [2.24, 2.45) is 11.8 Å². The number of ether oxygens (including phenoxy) is 1. The molecule has 2 aliphatic carbocycles. The number of fused-ring (bicyclic) bond motifs is 1. The van der Waals surface area contributed by atoms with Gasteiger partial charge in [0.05, 0.1) is 0 Å². The summed E-state index contributed by atoms with van der Waals surface area (Å²) < 4.78 is 7.92. The number of hydrogen-bond acceptors (Lipinski definition) is 4. The Morgan fingerprint density at radius 3 is 2.32 bits per heavy atom. The first-order valence-electron chi connectivity index (χ1n) is 9.74. The predicted molar refractivity (Wildman–Crippen MR) is 94.4 cm³/mol. The Morgan fingerprint density at radius 1 is 1.08 bits per heavy atom. The third-order valence-electron chi connectivity index (χ3n) is 5.98. The lowest BCUT2D eigenvalue weighted by atomic mass is 9.95. The van der Waals surface area contributed by atoms with E-state index in [0.717, 1.165) is 18.9 Å². The Balaban J connectivity index is 1.43. The first-order valence-corrected chi connectivity index (χ1v) is 9.74. The van der Waals surface area contributed by atoms with Crippen LogP contribution in [0.1, 0.15) is 76.5 Å². The van der Waals surface area contributed by atoms with Crippen LogP contribution < -0.4 is 0 Å². The maximum atomic E-state index is 12.3. The van der Waals surface area contributed by atoms with E-state index >= 15 is 0 Å². The van der Waals surface area contributed by atoms with E-state index in [1.165, 1.54) is 37.9 Å². The predicted octanol–water partition coefficient (Wildman–Crippen LogP) is 3.67. The van der Waals surface area contributed by atoms with Crippen LogP contribution in [0.4, 0.5) is 4.79 Å². The number of nitrogens with zero attached hydrogens (tertiary/aromatic N) is 4. The quantitative estimate of drug-likeness (QED) is 0.820.